The summed E-state index contributed by atoms with van der Waals surface area (Å²) in [5.41, 5.74) is 2.81. The van der Waals surface area contributed by atoms with Crippen LogP contribution in [0.1, 0.15) is 37.3 Å². The van der Waals surface area contributed by atoms with E-state index in [0.29, 0.717) is 0 Å². The van der Waals surface area contributed by atoms with Crippen molar-refractivity contribution in [1.82, 2.24) is 0 Å². The van der Waals surface area contributed by atoms with Gasteiger partial charge in [0.15, 0.2) is 0 Å². The minimum atomic E-state index is 1.12. The van der Waals surface area contributed by atoms with E-state index in [1.165, 1.54) is 36.8 Å². The number of thiol groups is 1. The molecule has 1 heteroatoms. The van der Waals surface area contributed by atoms with Crippen LogP contribution in [0.25, 0.3) is 0 Å². The Balaban J connectivity index is 2.61. The van der Waals surface area contributed by atoms with Crippen LogP contribution < -0.4 is 0 Å². The van der Waals surface area contributed by atoms with Gasteiger partial charge in [-0.05, 0) is 37.0 Å². The Labute approximate surface area is 86.8 Å². The Hall–Kier alpha value is -0.430. The molecule has 72 valence electrons. The average Bonchev–Trinajstić information content (AvgIpc) is 2.13. The monoisotopic (exact) mass is 194 g/mol. The van der Waals surface area contributed by atoms with Crippen LogP contribution in [0.15, 0.2) is 23.1 Å². The smallest absolute Gasteiger partial charge is 0.00719 e. The lowest BCUT2D eigenvalue weighted by Gasteiger charge is -2.06. The van der Waals surface area contributed by atoms with Crippen LogP contribution in [0.2, 0.25) is 0 Å². The molecule has 0 saturated carbocycles. The second kappa shape index (κ2) is 5.33. The fourth-order valence-electron chi connectivity index (χ4n) is 1.51. The van der Waals surface area contributed by atoms with Gasteiger partial charge in [-0.15, -0.1) is 12.6 Å². The van der Waals surface area contributed by atoms with Crippen molar-refractivity contribution >= 4 is 12.6 Å². The molecule has 1 rings (SSSR count). The van der Waals surface area contributed by atoms with Gasteiger partial charge in [0.2, 0.25) is 0 Å². The molecule has 13 heavy (non-hydrogen) atoms. The van der Waals surface area contributed by atoms with E-state index >= 15 is 0 Å². The first-order chi connectivity index (χ1) is 6.25. The van der Waals surface area contributed by atoms with Crippen molar-refractivity contribution in [2.24, 2.45) is 0 Å². The summed E-state index contributed by atoms with van der Waals surface area (Å²) in [5, 5.41) is 0. The number of hydrogen-bond donors (Lipinski definition) is 1. The molecule has 0 aliphatic heterocycles. The zero-order valence-corrected chi connectivity index (χ0v) is 9.40. The molecule has 0 saturated heterocycles. The van der Waals surface area contributed by atoms with Crippen molar-refractivity contribution in [1.29, 1.82) is 0 Å². The highest BCUT2D eigenvalue weighted by Crippen LogP contribution is 2.18. The van der Waals surface area contributed by atoms with E-state index < -0.39 is 0 Å². The average molecular weight is 194 g/mol. The number of rotatable bonds is 4. The van der Waals surface area contributed by atoms with Crippen LogP contribution in [0.5, 0.6) is 0 Å². The third-order valence-electron chi connectivity index (χ3n) is 2.47. The first kappa shape index (κ1) is 10.6. The molecule has 0 N–H and O–H groups in total. The third kappa shape index (κ3) is 3.07. The predicted molar refractivity (Wildman–Crippen MR) is 61.7 cm³/mol. The zero-order valence-electron chi connectivity index (χ0n) is 8.51. The first-order valence-corrected chi connectivity index (χ1v) is 5.48. The van der Waals surface area contributed by atoms with E-state index in [9.17, 15) is 0 Å². The number of benzene rings is 1. The van der Waals surface area contributed by atoms with Gasteiger partial charge >= 0.3 is 0 Å². The Morgan fingerprint density at radius 2 is 2.00 bits per heavy atom. The lowest BCUT2D eigenvalue weighted by atomic mass is 10.0. The largest absolute Gasteiger partial charge is 0.143 e. The van der Waals surface area contributed by atoms with Crippen LogP contribution in [0, 0.1) is 6.92 Å². The molecular weight excluding hydrogens is 176 g/mol. The second-order valence-corrected chi connectivity index (χ2v) is 4.00. The fourth-order valence-corrected chi connectivity index (χ4v) is 1.74. The molecule has 0 spiro atoms. The van der Waals surface area contributed by atoms with Crippen molar-refractivity contribution in [3.63, 3.8) is 0 Å². The van der Waals surface area contributed by atoms with Gasteiger partial charge in [0, 0.05) is 4.90 Å². The van der Waals surface area contributed by atoms with E-state index in [-0.39, 0.29) is 0 Å². The number of hydrogen-bond acceptors (Lipinski definition) is 1. The van der Waals surface area contributed by atoms with E-state index in [0.717, 1.165) is 4.90 Å². The molecule has 0 heterocycles. The van der Waals surface area contributed by atoms with Crippen LogP contribution in [0.3, 0.4) is 0 Å². The Morgan fingerprint density at radius 3 is 2.69 bits per heavy atom. The summed E-state index contributed by atoms with van der Waals surface area (Å²) in [7, 11) is 0. The molecule has 0 aromatic heterocycles. The molecule has 1 aromatic rings. The molecule has 0 atom stereocenters. The highest BCUT2D eigenvalue weighted by molar-refractivity contribution is 7.80. The number of aryl methyl sites for hydroxylation is 1. The van der Waals surface area contributed by atoms with Gasteiger partial charge < -0.3 is 0 Å². The molecular formula is C12H18S. The topological polar surface area (TPSA) is 0 Å². The summed E-state index contributed by atoms with van der Waals surface area (Å²) < 4.78 is 0. The second-order valence-electron chi connectivity index (χ2n) is 3.52. The van der Waals surface area contributed by atoms with Crippen molar-refractivity contribution in [2.75, 3.05) is 0 Å². The van der Waals surface area contributed by atoms with E-state index in [1.807, 2.05) is 0 Å². The maximum atomic E-state index is 4.41. The van der Waals surface area contributed by atoms with Crippen molar-refractivity contribution in [3.05, 3.63) is 29.3 Å². The summed E-state index contributed by atoms with van der Waals surface area (Å²) in [6.45, 7) is 4.39. The lowest BCUT2D eigenvalue weighted by molar-refractivity contribution is 0.714. The van der Waals surface area contributed by atoms with E-state index in [4.69, 9.17) is 0 Å². The summed E-state index contributed by atoms with van der Waals surface area (Å²) >= 11 is 4.41. The minimum absolute atomic E-state index is 1.12. The lowest BCUT2D eigenvalue weighted by Crippen LogP contribution is -1.90. The summed E-state index contributed by atoms with van der Waals surface area (Å²) in [4.78, 5) is 1.12. The Kier molecular flexibility index (Phi) is 4.37. The molecule has 0 radical (unpaired) electrons. The molecule has 0 nitrogen and oxygen atoms in total. The SMILES string of the molecule is CCCCCc1cccc(S)c1C. The number of unbranched alkanes of at least 4 members (excludes halogenated alkanes) is 2. The van der Waals surface area contributed by atoms with Gasteiger partial charge in [-0.2, -0.15) is 0 Å². The third-order valence-corrected chi connectivity index (χ3v) is 2.95. The molecule has 1 aromatic carbocycles. The van der Waals surface area contributed by atoms with Gasteiger partial charge in [-0.1, -0.05) is 31.9 Å². The van der Waals surface area contributed by atoms with E-state index in [2.05, 4.69) is 44.7 Å². The Bertz CT molecular complexity index is 266. The predicted octanol–water partition coefficient (Wildman–Crippen LogP) is 4.02. The Morgan fingerprint density at radius 1 is 1.23 bits per heavy atom. The van der Waals surface area contributed by atoms with Gasteiger partial charge in [-0.3, -0.25) is 0 Å². The maximum absolute atomic E-state index is 4.41. The molecule has 0 aliphatic rings. The summed E-state index contributed by atoms with van der Waals surface area (Å²) in [5.74, 6) is 0. The minimum Gasteiger partial charge on any atom is -0.143 e. The first-order valence-electron chi connectivity index (χ1n) is 5.03. The van der Waals surface area contributed by atoms with Crippen LogP contribution in [-0.2, 0) is 6.42 Å². The van der Waals surface area contributed by atoms with Crippen molar-refractivity contribution in [2.45, 2.75) is 44.4 Å². The molecule has 0 amide bonds. The van der Waals surface area contributed by atoms with Crippen molar-refractivity contribution < 1.29 is 0 Å². The van der Waals surface area contributed by atoms with Gasteiger partial charge in [0.25, 0.3) is 0 Å². The highest BCUT2D eigenvalue weighted by Gasteiger charge is 1.99. The molecule has 0 unspecified atom stereocenters. The molecule has 0 aliphatic carbocycles. The fraction of sp³-hybridized carbons (Fsp3) is 0.500. The summed E-state index contributed by atoms with van der Waals surface area (Å²) in [6.07, 6.45) is 5.12. The highest BCUT2D eigenvalue weighted by atomic mass is 32.1. The van der Waals surface area contributed by atoms with Gasteiger partial charge in [0.1, 0.15) is 0 Å². The van der Waals surface area contributed by atoms with Crippen LogP contribution in [0.4, 0.5) is 0 Å². The quantitative estimate of drug-likeness (QED) is 0.543. The zero-order chi connectivity index (χ0) is 9.68. The van der Waals surface area contributed by atoms with Gasteiger partial charge in [-0.25, -0.2) is 0 Å². The molecule has 0 fully saturated rings. The van der Waals surface area contributed by atoms with Crippen LogP contribution >= 0.6 is 12.6 Å². The van der Waals surface area contributed by atoms with E-state index in [1.54, 1.807) is 0 Å². The molecule has 0 bridgehead atoms. The standard InChI is InChI=1S/C12H18S/c1-3-4-5-7-11-8-6-9-12(13)10(11)2/h6,8-9,13H,3-5,7H2,1-2H3. The summed E-state index contributed by atoms with van der Waals surface area (Å²) in [6, 6.07) is 6.36. The van der Waals surface area contributed by atoms with Crippen molar-refractivity contribution in [3.8, 4) is 0 Å². The van der Waals surface area contributed by atoms with Gasteiger partial charge in [0.05, 0.1) is 0 Å². The van der Waals surface area contributed by atoms with Crippen LogP contribution in [-0.4, -0.2) is 0 Å². The maximum Gasteiger partial charge on any atom is 0.00719 e. The normalized spacial score (nSPS) is 10.4.